The Morgan fingerprint density at radius 1 is 1.44 bits per heavy atom. The molecule has 2 heterocycles. The third-order valence-corrected chi connectivity index (χ3v) is 4.04. The normalized spacial score (nSPS) is 30.4. The van der Waals surface area contributed by atoms with Gasteiger partial charge in [-0.05, 0) is 12.8 Å². The van der Waals surface area contributed by atoms with E-state index in [1.807, 2.05) is 0 Å². The van der Waals surface area contributed by atoms with Crippen molar-refractivity contribution in [1.82, 2.24) is 10.2 Å². The molecule has 0 aromatic heterocycles. The van der Waals surface area contributed by atoms with Crippen molar-refractivity contribution < 1.29 is 14.7 Å². The zero-order chi connectivity index (χ0) is 11.5. The number of hydrogen-bond acceptors (Lipinski definition) is 4. The second-order valence-corrected chi connectivity index (χ2v) is 5.26. The fourth-order valence-corrected chi connectivity index (χ4v) is 3.09. The van der Waals surface area contributed by atoms with Crippen LogP contribution in [-0.4, -0.2) is 52.6 Å². The van der Waals surface area contributed by atoms with Crippen LogP contribution in [0.2, 0.25) is 0 Å². The molecule has 2 saturated heterocycles. The van der Waals surface area contributed by atoms with E-state index in [2.05, 4.69) is 5.32 Å². The molecule has 1 amide bonds. The van der Waals surface area contributed by atoms with E-state index in [4.69, 9.17) is 5.11 Å². The number of carbonyl (C=O) groups is 2. The monoisotopic (exact) mass is 244 g/mol. The molecule has 0 aromatic carbocycles. The highest BCUT2D eigenvalue weighted by Crippen LogP contribution is 2.19. The highest BCUT2D eigenvalue weighted by Gasteiger charge is 2.32. The number of carboxylic acids is 1. The van der Waals surface area contributed by atoms with Crippen LogP contribution in [0.25, 0.3) is 0 Å². The van der Waals surface area contributed by atoms with Crippen molar-refractivity contribution in [2.75, 3.05) is 24.7 Å². The van der Waals surface area contributed by atoms with Crippen molar-refractivity contribution in [3.63, 3.8) is 0 Å². The number of amides is 1. The molecule has 2 N–H and O–H groups in total. The van der Waals surface area contributed by atoms with Gasteiger partial charge in [0.25, 0.3) is 0 Å². The number of likely N-dealkylation sites (tertiary alicyclic amines) is 1. The Hall–Kier alpha value is -0.750. The minimum absolute atomic E-state index is 0.0657. The first kappa shape index (κ1) is 11.7. The topological polar surface area (TPSA) is 69.6 Å². The van der Waals surface area contributed by atoms with Crippen LogP contribution in [0.5, 0.6) is 0 Å². The van der Waals surface area contributed by atoms with Gasteiger partial charge in [-0.2, -0.15) is 0 Å². The summed E-state index contributed by atoms with van der Waals surface area (Å²) in [5.74, 6) is 0.508. The van der Waals surface area contributed by atoms with E-state index in [0.717, 1.165) is 18.1 Å². The van der Waals surface area contributed by atoms with Crippen LogP contribution < -0.4 is 5.32 Å². The molecule has 0 saturated carbocycles. The Kier molecular flexibility index (Phi) is 3.70. The number of thioether (sulfide) groups is 1. The summed E-state index contributed by atoms with van der Waals surface area (Å²) in [5.41, 5.74) is 0. The van der Waals surface area contributed by atoms with Crippen LogP contribution in [0.4, 0.5) is 0 Å². The molecule has 0 spiro atoms. The van der Waals surface area contributed by atoms with Gasteiger partial charge in [0.2, 0.25) is 5.91 Å². The van der Waals surface area contributed by atoms with E-state index < -0.39 is 5.97 Å². The molecule has 0 aromatic rings. The number of aliphatic carboxylic acids is 1. The Morgan fingerprint density at radius 2 is 2.25 bits per heavy atom. The largest absolute Gasteiger partial charge is 0.481 e. The maximum Gasteiger partial charge on any atom is 0.308 e. The maximum atomic E-state index is 12.0. The van der Waals surface area contributed by atoms with Crippen LogP contribution in [0.1, 0.15) is 12.8 Å². The van der Waals surface area contributed by atoms with Crippen molar-refractivity contribution in [1.29, 1.82) is 0 Å². The SMILES string of the molecule is O=C(O)[C@@H]1CCCN(C(=O)C2CSCN2)C1. The predicted molar refractivity (Wildman–Crippen MR) is 61.2 cm³/mol. The lowest BCUT2D eigenvalue weighted by atomic mass is 9.98. The highest BCUT2D eigenvalue weighted by atomic mass is 32.2. The zero-order valence-corrected chi connectivity index (χ0v) is 9.83. The van der Waals surface area contributed by atoms with Crippen molar-refractivity contribution in [3.05, 3.63) is 0 Å². The van der Waals surface area contributed by atoms with E-state index in [-0.39, 0.29) is 17.9 Å². The van der Waals surface area contributed by atoms with Gasteiger partial charge in [-0.1, -0.05) is 0 Å². The summed E-state index contributed by atoms with van der Waals surface area (Å²) in [5, 5.41) is 12.1. The standard InChI is InChI=1S/C10H16N2O3S/c13-9(8-5-16-6-11-8)12-3-1-2-7(4-12)10(14)15/h7-8,11H,1-6H2,(H,14,15)/t7-,8?/m1/s1. The Balaban J connectivity index is 1.93. The van der Waals surface area contributed by atoms with Crippen molar-refractivity contribution in [3.8, 4) is 0 Å². The van der Waals surface area contributed by atoms with Gasteiger partial charge in [0.15, 0.2) is 0 Å². The quantitative estimate of drug-likeness (QED) is 0.714. The lowest BCUT2D eigenvalue weighted by Gasteiger charge is -2.32. The Bertz CT molecular complexity index is 292. The summed E-state index contributed by atoms with van der Waals surface area (Å²) < 4.78 is 0. The van der Waals surface area contributed by atoms with Gasteiger partial charge in [-0.3, -0.25) is 14.9 Å². The molecular formula is C10H16N2O3S. The van der Waals surface area contributed by atoms with Gasteiger partial charge in [-0.25, -0.2) is 0 Å². The molecule has 2 aliphatic heterocycles. The fourth-order valence-electron chi connectivity index (χ4n) is 2.15. The molecule has 16 heavy (non-hydrogen) atoms. The number of carbonyl (C=O) groups excluding carboxylic acids is 1. The Morgan fingerprint density at radius 3 is 2.88 bits per heavy atom. The number of carboxylic acid groups (broad SMARTS) is 1. The molecule has 1 unspecified atom stereocenters. The van der Waals surface area contributed by atoms with Crippen LogP contribution >= 0.6 is 11.8 Å². The highest BCUT2D eigenvalue weighted by molar-refractivity contribution is 7.99. The van der Waals surface area contributed by atoms with E-state index >= 15 is 0 Å². The van der Waals surface area contributed by atoms with Gasteiger partial charge in [0.05, 0.1) is 12.0 Å². The van der Waals surface area contributed by atoms with Crippen LogP contribution in [0.3, 0.4) is 0 Å². The van der Waals surface area contributed by atoms with Gasteiger partial charge >= 0.3 is 5.97 Å². The summed E-state index contributed by atoms with van der Waals surface area (Å²) in [6, 6.07) is -0.113. The van der Waals surface area contributed by atoms with Gasteiger partial charge in [0, 0.05) is 24.7 Å². The second-order valence-electron chi connectivity index (χ2n) is 4.23. The molecule has 6 heteroatoms. The fraction of sp³-hybridized carbons (Fsp3) is 0.800. The number of rotatable bonds is 2. The minimum atomic E-state index is -0.786. The summed E-state index contributed by atoms with van der Waals surface area (Å²) in [4.78, 5) is 24.6. The van der Waals surface area contributed by atoms with Gasteiger partial charge in [-0.15, -0.1) is 11.8 Å². The van der Waals surface area contributed by atoms with Gasteiger partial charge < -0.3 is 10.0 Å². The molecule has 2 rings (SSSR count). The summed E-state index contributed by atoms with van der Waals surface area (Å²) >= 11 is 1.71. The molecular weight excluding hydrogens is 228 g/mol. The van der Waals surface area contributed by atoms with Gasteiger partial charge in [0.1, 0.15) is 0 Å². The second kappa shape index (κ2) is 5.05. The first-order valence-electron chi connectivity index (χ1n) is 5.51. The van der Waals surface area contributed by atoms with Crippen LogP contribution in [0, 0.1) is 5.92 Å². The molecule has 2 atom stereocenters. The van der Waals surface area contributed by atoms with Crippen molar-refractivity contribution in [2.24, 2.45) is 5.92 Å². The molecule has 0 aliphatic carbocycles. The lowest BCUT2D eigenvalue weighted by Crippen LogP contribution is -2.49. The minimum Gasteiger partial charge on any atom is -0.481 e. The van der Waals surface area contributed by atoms with E-state index in [9.17, 15) is 9.59 Å². The number of nitrogens with one attached hydrogen (secondary N) is 1. The number of piperidine rings is 1. The molecule has 2 aliphatic rings. The number of nitrogens with zero attached hydrogens (tertiary/aromatic N) is 1. The predicted octanol–water partition coefficient (Wildman–Crippen LogP) is -0.0279. The first-order chi connectivity index (χ1) is 7.68. The van der Waals surface area contributed by atoms with Crippen LogP contribution in [0.15, 0.2) is 0 Å². The summed E-state index contributed by atoms with van der Waals surface area (Å²) in [6.07, 6.45) is 1.48. The number of hydrogen-bond donors (Lipinski definition) is 2. The summed E-state index contributed by atoms with van der Waals surface area (Å²) in [7, 11) is 0. The molecule has 90 valence electrons. The Labute approximate surface area is 98.6 Å². The van der Waals surface area contributed by atoms with Crippen molar-refractivity contribution >= 4 is 23.6 Å². The smallest absolute Gasteiger partial charge is 0.308 e. The first-order valence-corrected chi connectivity index (χ1v) is 6.66. The lowest BCUT2D eigenvalue weighted by molar-refractivity contribution is -0.146. The van der Waals surface area contributed by atoms with Crippen LogP contribution in [-0.2, 0) is 9.59 Å². The average molecular weight is 244 g/mol. The molecule has 5 nitrogen and oxygen atoms in total. The van der Waals surface area contributed by atoms with E-state index in [0.29, 0.717) is 19.5 Å². The molecule has 2 fully saturated rings. The molecule has 0 bridgehead atoms. The maximum absolute atomic E-state index is 12.0. The zero-order valence-electron chi connectivity index (χ0n) is 9.02. The van der Waals surface area contributed by atoms with Crippen molar-refractivity contribution in [2.45, 2.75) is 18.9 Å². The van der Waals surface area contributed by atoms with E-state index in [1.165, 1.54) is 0 Å². The third kappa shape index (κ3) is 2.49. The average Bonchev–Trinajstić information content (AvgIpc) is 2.81. The summed E-state index contributed by atoms with van der Waals surface area (Å²) in [6.45, 7) is 1.07. The molecule has 0 radical (unpaired) electrons. The third-order valence-electron chi connectivity index (χ3n) is 3.10. The van der Waals surface area contributed by atoms with E-state index in [1.54, 1.807) is 16.7 Å².